The molecule has 19 heteroatoms. The molecule has 0 aliphatic heterocycles. The molecule has 0 bridgehead atoms. The summed E-state index contributed by atoms with van der Waals surface area (Å²) in [6.07, 6.45) is 1.61. The number of halogens is 2. The summed E-state index contributed by atoms with van der Waals surface area (Å²) in [7, 11) is 0. The molecule has 70 heavy (non-hydrogen) atoms. The van der Waals surface area contributed by atoms with Crippen LogP contribution < -0.4 is 14.2 Å². The van der Waals surface area contributed by atoms with Gasteiger partial charge in [-0.1, -0.05) is 85.5 Å². The van der Waals surface area contributed by atoms with E-state index in [1.54, 1.807) is 42.5 Å². The van der Waals surface area contributed by atoms with E-state index in [0.29, 0.717) is 83.6 Å². The van der Waals surface area contributed by atoms with Gasteiger partial charge in [-0.3, -0.25) is 10.1 Å². The predicted molar refractivity (Wildman–Crippen MR) is 272 cm³/mol. The highest BCUT2D eigenvalue weighted by molar-refractivity contribution is 6.31. The second-order valence-electron chi connectivity index (χ2n) is 19.1. The largest absolute Gasteiger partial charge is 0.508 e. The average Bonchev–Trinajstić information content (AvgIpc) is 3.70. The number of azo groups is 1. The number of aliphatic hydroxyl groups excluding tert-OH is 3. The van der Waals surface area contributed by atoms with Crippen LogP contribution in [0, 0.1) is 10.1 Å². The summed E-state index contributed by atoms with van der Waals surface area (Å²) >= 11 is 11.8. The van der Waals surface area contributed by atoms with E-state index in [1.165, 1.54) is 29.1 Å². The number of hydrogen-bond donors (Lipinski definition) is 6. The first kappa shape index (κ1) is 56.3. The van der Waals surface area contributed by atoms with Crippen LogP contribution in [-0.2, 0) is 16.2 Å². The molecule has 1 aromatic heterocycles. The molecule has 0 amide bonds. The number of phenolic OH excluding ortho intramolecular Hbond substituents is 3. The van der Waals surface area contributed by atoms with Gasteiger partial charge in [-0.05, 0) is 76.9 Å². The van der Waals surface area contributed by atoms with Crippen LogP contribution in [0.3, 0.4) is 0 Å². The summed E-state index contributed by atoms with van der Waals surface area (Å²) in [6, 6.07) is 21.2. The van der Waals surface area contributed by atoms with Crippen LogP contribution in [0.5, 0.6) is 34.5 Å². The minimum Gasteiger partial charge on any atom is -0.508 e. The molecular formula is C51H64Cl2N6O11. The molecular weight excluding hydrogens is 943 g/mol. The van der Waals surface area contributed by atoms with Gasteiger partial charge in [0, 0.05) is 84.0 Å². The van der Waals surface area contributed by atoms with Crippen LogP contribution in [-0.4, -0.2) is 90.2 Å². The second-order valence-corrected chi connectivity index (χ2v) is 20.0. The topological polar surface area (TPSA) is 248 Å². The SMILES string of the molecule is CC(C)(C)c1cc(OCCCO)cc(-n2nc3ccc(Cl)cc3n2)c1O.CC(C)(C)c1cc(OCCCO)cc(N=Nc2ccc(Cl)cc2[N+](=O)[O-])c1O.CC(C)(C)c1cc(OCCCO)ccc1O. The molecule has 0 aliphatic rings. The Bertz CT molecular complexity index is 2730. The van der Waals surface area contributed by atoms with E-state index in [2.05, 4.69) is 20.4 Å². The first-order chi connectivity index (χ1) is 32.9. The van der Waals surface area contributed by atoms with Crippen molar-refractivity contribution in [3.8, 4) is 40.2 Å². The molecule has 0 fully saturated rings. The summed E-state index contributed by atoms with van der Waals surface area (Å²) in [5.74, 6) is 2.10. The van der Waals surface area contributed by atoms with Gasteiger partial charge in [-0.25, -0.2) is 0 Å². The molecule has 6 N–H and O–H groups in total. The third-order valence-corrected chi connectivity index (χ3v) is 10.7. The fourth-order valence-electron chi connectivity index (χ4n) is 6.53. The van der Waals surface area contributed by atoms with E-state index in [-0.39, 0.29) is 64.2 Å². The van der Waals surface area contributed by atoms with Crippen molar-refractivity contribution in [2.45, 2.75) is 97.8 Å². The zero-order chi connectivity index (χ0) is 52.0. The smallest absolute Gasteiger partial charge is 0.298 e. The number of rotatable bonds is 16. The van der Waals surface area contributed by atoms with Gasteiger partial charge in [0.05, 0.1) is 24.7 Å². The van der Waals surface area contributed by atoms with Gasteiger partial charge in [0.1, 0.15) is 56.9 Å². The van der Waals surface area contributed by atoms with Crippen LogP contribution in [0.25, 0.3) is 16.7 Å². The van der Waals surface area contributed by atoms with Crippen LogP contribution in [0.1, 0.15) is 98.3 Å². The monoisotopic (exact) mass is 1010 g/mol. The third-order valence-electron chi connectivity index (χ3n) is 10.2. The molecule has 0 spiro atoms. The Kier molecular flexibility index (Phi) is 20.2. The van der Waals surface area contributed by atoms with Gasteiger partial charge in [0.15, 0.2) is 5.69 Å². The molecule has 0 radical (unpaired) electrons. The Morgan fingerprint density at radius 1 is 0.571 bits per heavy atom. The molecule has 0 atom stereocenters. The van der Waals surface area contributed by atoms with Crippen molar-refractivity contribution < 1.29 is 49.8 Å². The van der Waals surface area contributed by atoms with Crippen molar-refractivity contribution in [2.75, 3.05) is 39.6 Å². The molecule has 378 valence electrons. The summed E-state index contributed by atoms with van der Waals surface area (Å²) in [4.78, 5) is 12.0. The third kappa shape index (κ3) is 16.2. The highest BCUT2D eigenvalue weighted by Crippen LogP contribution is 2.43. The zero-order valence-electron chi connectivity index (χ0n) is 41.0. The number of nitro benzene ring substituents is 1. The maximum atomic E-state index is 11.2. The zero-order valence-corrected chi connectivity index (χ0v) is 42.5. The maximum absolute atomic E-state index is 11.2. The van der Waals surface area contributed by atoms with E-state index in [0.717, 1.165) is 16.9 Å². The number of phenols is 3. The lowest BCUT2D eigenvalue weighted by Crippen LogP contribution is -2.14. The van der Waals surface area contributed by atoms with Crippen LogP contribution in [0.15, 0.2) is 89.1 Å². The lowest BCUT2D eigenvalue weighted by molar-refractivity contribution is -0.384. The molecule has 6 rings (SSSR count). The fraction of sp³-hybridized carbons (Fsp3) is 0.412. The number of fused-ring (bicyclic) bond motifs is 1. The lowest BCUT2D eigenvalue weighted by Gasteiger charge is -2.23. The first-order valence-electron chi connectivity index (χ1n) is 22.6. The van der Waals surface area contributed by atoms with Gasteiger partial charge < -0.3 is 44.8 Å². The van der Waals surface area contributed by atoms with Crippen molar-refractivity contribution in [1.29, 1.82) is 0 Å². The van der Waals surface area contributed by atoms with Crippen LogP contribution in [0.2, 0.25) is 10.0 Å². The second kappa shape index (κ2) is 25.0. The van der Waals surface area contributed by atoms with E-state index >= 15 is 0 Å². The molecule has 0 aliphatic carbocycles. The number of benzene rings is 5. The fourth-order valence-corrected chi connectivity index (χ4v) is 6.86. The number of aliphatic hydroxyl groups is 3. The van der Waals surface area contributed by atoms with E-state index in [4.69, 9.17) is 52.7 Å². The first-order valence-corrected chi connectivity index (χ1v) is 23.3. The van der Waals surface area contributed by atoms with Gasteiger partial charge in [-0.15, -0.1) is 25.2 Å². The van der Waals surface area contributed by atoms with E-state index in [9.17, 15) is 25.4 Å². The van der Waals surface area contributed by atoms with E-state index < -0.39 is 10.3 Å². The maximum Gasteiger partial charge on any atom is 0.298 e. The summed E-state index contributed by atoms with van der Waals surface area (Å²) in [5, 5.41) is 86.5. The van der Waals surface area contributed by atoms with Crippen molar-refractivity contribution >= 4 is 51.3 Å². The number of aromatic nitrogens is 3. The molecule has 1 heterocycles. The van der Waals surface area contributed by atoms with Gasteiger partial charge in [-0.2, -0.15) is 0 Å². The standard InChI is InChI=1S/C19H22ClN3O5.C19H22ClN3O3.C13H20O3/c1-19(2,3)14-10-13(28-8-4-7-24)11-16(18(14)25)22-21-15-6-5-12(20)9-17(15)23(26)27;1-19(2,3)14-10-13(26-8-4-7-24)11-17(18(14)25)23-21-15-6-5-12(20)9-16(15)22-23;1-13(2,3)11-9-10(5-6-12(11)15)16-8-4-7-14/h5-6,9-11,24-25H,4,7-8H2,1-3H3;5-6,9-11,24-25H,4,7-8H2,1-3H3;5-6,9,14-15H,4,7-8H2,1-3H3. The Morgan fingerprint density at radius 3 is 1.59 bits per heavy atom. The number of hydrogen-bond acceptors (Lipinski definition) is 15. The van der Waals surface area contributed by atoms with Crippen molar-refractivity contribution in [3.63, 3.8) is 0 Å². The normalized spacial score (nSPS) is 11.7. The number of aromatic hydroxyl groups is 3. The summed E-state index contributed by atoms with van der Waals surface area (Å²) < 4.78 is 16.8. The van der Waals surface area contributed by atoms with Crippen molar-refractivity contribution in [2.24, 2.45) is 10.2 Å². The minimum absolute atomic E-state index is 0.00297. The molecule has 5 aromatic carbocycles. The molecule has 0 saturated heterocycles. The summed E-state index contributed by atoms with van der Waals surface area (Å²) in [6.45, 7) is 19.3. The van der Waals surface area contributed by atoms with Gasteiger partial charge >= 0.3 is 0 Å². The number of nitro groups is 1. The molecule has 6 aromatic rings. The van der Waals surface area contributed by atoms with E-state index in [1.807, 2.05) is 74.4 Å². The molecule has 0 saturated carbocycles. The number of ether oxygens (including phenoxy) is 3. The molecule has 0 unspecified atom stereocenters. The molecule has 17 nitrogen and oxygen atoms in total. The summed E-state index contributed by atoms with van der Waals surface area (Å²) in [5.41, 5.74) is 2.97. The van der Waals surface area contributed by atoms with Crippen LogP contribution >= 0.6 is 23.2 Å². The van der Waals surface area contributed by atoms with Crippen LogP contribution in [0.4, 0.5) is 17.1 Å². The number of nitrogens with zero attached hydrogens (tertiary/aromatic N) is 6. The highest BCUT2D eigenvalue weighted by atomic mass is 35.5. The Hall–Kier alpha value is -6.24. The van der Waals surface area contributed by atoms with Crippen molar-refractivity contribution in [1.82, 2.24) is 15.0 Å². The quantitative estimate of drug-likeness (QED) is 0.0229. The Balaban J connectivity index is 0.000000237. The van der Waals surface area contributed by atoms with Gasteiger partial charge in [0.25, 0.3) is 5.69 Å². The van der Waals surface area contributed by atoms with Crippen molar-refractivity contribution in [3.05, 3.63) is 116 Å². The Morgan fingerprint density at radius 2 is 1.04 bits per heavy atom. The minimum atomic E-state index is -0.602. The lowest BCUT2D eigenvalue weighted by atomic mass is 9.86. The Labute approximate surface area is 418 Å². The van der Waals surface area contributed by atoms with Gasteiger partial charge in [0.2, 0.25) is 0 Å². The highest BCUT2D eigenvalue weighted by Gasteiger charge is 2.25. The predicted octanol–water partition coefficient (Wildman–Crippen LogP) is 11.7. The average molecular weight is 1010 g/mol.